The number of aromatic nitrogens is 1. The van der Waals surface area contributed by atoms with Gasteiger partial charge in [-0.05, 0) is 31.6 Å². The van der Waals surface area contributed by atoms with E-state index in [0.29, 0.717) is 22.4 Å². The van der Waals surface area contributed by atoms with Crippen LogP contribution in [0.4, 0.5) is 5.69 Å². The maximum absolute atomic E-state index is 12.9. The average molecular weight is 345 g/mol. The molecule has 0 aliphatic carbocycles. The van der Waals surface area contributed by atoms with Gasteiger partial charge in [0, 0.05) is 28.2 Å². The van der Waals surface area contributed by atoms with E-state index in [4.69, 9.17) is 0 Å². The topological polar surface area (TPSA) is 99.8 Å². The zero-order valence-corrected chi connectivity index (χ0v) is 14.2. The molecule has 0 atom stereocenters. The predicted octanol–water partition coefficient (Wildman–Crippen LogP) is 4.48. The highest BCUT2D eigenvalue weighted by atomic mass is 16.6. The number of hydrogen-bond donors (Lipinski definition) is 1. The summed E-state index contributed by atoms with van der Waals surface area (Å²) in [7, 11) is 0. The third kappa shape index (κ3) is 2.98. The summed E-state index contributed by atoms with van der Waals surface area (Å²) in [4.78, 5) is 26.7. The van der Waals surface area contributed by atoms with Crippen LogP contribution in [0.1, 0.15) is 27.2 Å². The molecule has 0 saturated heterocycles. The van der Waals surface area contributed by atoms with E-state index in [0.717, 1.165) is 10.9 Å². The largest absolute Gasteiger partial charge is 0.358 e. The number of aromatic amines is 1. The molecule has 1 aromatic heterocycles. The van der Waals surface area contributed by atoms with E-state index >= 15 is 0 Å². The summed E-state index contributed by atoms with van der Waals surface area (Å²) < 4.78 is 0. The number of ketones is 1. The van der Waals surface area contributed by atoms with E-state index in [1.165, 1.54) is 12.1 Å². The molecule has 0 bridgehead atoms. The third-order valence-electron chi connectivity index (χ3n) is 4.23. The summed E-state index contributed by atoms with van der Waals surface area (Å²) in [5.41, 5.74) is 2.76. The van der Waals surface area contributed by atoms with Gasteiger partial charge in [0.05, 0.1) is 10.5 Å². The second kappa shape index (κ2) is 6.65. The van der Waals surface area contributed by atoms with Crippen LogP contribution in [0.3, 0.4) is 0 Å². The molecule has 6 heteroatoms. The lowest BCUT2D eigenvalue weighted by molar-refractivity contribution is -0.385. The van der Waals surface area contributed by atoms with E-state index < -0.39 is 10.7 Å². The zero-order valence-electron chi connectivity index (χ0n) is 14.2. The van der Waals surface area contributed by atoms with Crippen LogP contribution in [-0.4, -0.2) is 15.7 Å². The lowest BCUT2D eigenvalue weighted by Crippen LogP contribution is -2.03. The summed E-state index contributed by atoms with van der Waals surface area (Å²) in [5.74, 6) is -0.411. The fourth-order valence-corrected chi connectivity index (χ4v) is 2.93. The van der Waals surface area contributed by atoms with Crippen molar-refractivity contribution in [1.29, 1.82) is 5.26 Å². The molecule has 3 rings (SSSR count). The number of H-pyrrole nitrogens is 1. The highest BCUT2D eigenvalue weighted by Crippen LogP contribution is 2.26. The van der Waals surface area contributed by atoms with Gasteiger partial charge in [0.1, 0.15) is 11.6 Å². The molecule has 0 amide bonds. The van der Waals surface area contributed by atoms with Crippen molar-refractivity contribution in [1.82, 2.24) is 4.98 Å². The van der Waals surface area contributed by atoms with Crippen LogP contribution in [0.2, 0.25) is 0 Å². The minimum atomic E-state index is -0.482. The van der Waals surface area contributed by atoms with E-state index in [1.54, 1.807) is 26.0 Å². The van der Waals surface area contributed by atoms with Gasteiger partial charge in [-0.15, -0.1) is 0 Å². The number of nitriles is 1. The lowest BCUT2D eigenvalue weighted by atomic mass is 9.99. The Bertz CT molecular complexity index is 1120. The summed E-state index contributed by atoms with van der Waals surface area (Å²) in [6.07, 6.45) is 1.38. The summed E-state index contributed by atoms with van der Waals surface area (Å²) in [5, 5.41) is 21.3. The van der Waals surface area contributed by atoms with Crippen molar-refractivity contribution in [2.75, 3.05) is 0 Å². The molecule has 0 unspecified atom stereocenters. The maximum atomic E-state index is 12.9. The fraction of sp³-hybridized carbons (Fsp3) is 0.100. The first kappa shape index (κ1) is 17.1. The van der Waals surface area contributed by atoms with Crippen LogP contribution in [0.5, 0.6) is 0 Å². The van der Waals surface area contributed by atoms with Gasteiger partial charge < -0.3 is 4.98 Å². The minimum absolute atomic E-state index is 0.0493. The fourth-order valence-electron chi connectivity index (χ4n) is 2.93. The summed E-state index contributed by atoms with van der Waals surface area (Å²) in [6.45, 7) is 3.41. The van der Waals surface area contributed by atoms with Gasteiger partial charge in [-0.2, -0.15) is 5.26 Å². The predicted molar refractivity (Wildman–Crippen MR) is 98.8 cm³/mol. The average Bonchev–Trinajstić information content (AvgIpc) is 2.95. The molecule has 3 aromatic rings. The van der Waals surface area contributed by atoms with Crippen molar-refractivity contribution in [3.05, 3.63) is 80.5 Å². The van der Waals surface area contributed by atoms with Crippen LogP contribution in [0, 0.1) is 35.3 Å². The van der Waals surface area contributed by atoms with Crippen molar-refractivity contribution in [3.8, 4) is 6.07 Å². The van der Waals surface area contributed by atoms with Gasteiger partial charge in [0.25, 0.3) is 5.69 Å². The van der Waals surface area contributed by atoms with Crippen molar-refractivity contribution >= 4 is 28.4 Å². The Hall–Kier alpha value is -3.72. The van der Waals surface area contributed by atoms with Gasteiger partial charge in [0.15, 0.2) is 0 Å². The van der Waals surface area contributed by atoms with E-state index in [2.05, 4.69) is 4.98 Å². The Labute approximate surface area is 149 Å². The van der Waals surface area contributed by atoms with Gasteiger partial charge in [0.2, 0.25) is 5.78 Å². The molecule has 0 aliphatic heterocycles. The zero-order chi connectivity index (χ0) is 18.8. The molecule has 0 fully saturated rings. The van der Waals surface area contributed by atoms with Crippen LogP contribution in [0.15, 0.2) is 48.0 Å². The van der Waals surface area contributed by atoms with Crippen molar-refractivity contribution in [2.45, 2.75) is 13.8 Å². The second-order valence-electron chi connectivity index (χ2n) is 5.97. The number of fused-ring (bicyclic) bond motifs is 1. The number of carbonyl (C=O) groups is 1. The molecule has 0 saturated carbocycles. The monoisotopic (exact) mass is 345 g/mol. The number of benzene rings is 2. The van der Waals surface area contributed by atoms with Crippen molar-refractivity contribution in [2.24, 2.45) is 0 Å². The third-order valence-corrected chi connectivity index (χ3v) is 4.23. The smallest absolute Gasteiger partial charge is 0.272 e. The maximum Gasteiger partial charge on any atom is 0.272 e. The molecule has 0 spiro atoms. The first-order valence-corrected chi connectivity index (χ1v) is 7.91. The highest BCUT2D eigenvalue weighted by molar-refractivity contribution is 6.20. The standard InChI is InChI=1S/C20H15N3O3/c1-12-7-8-14(10-18(12)23(25)26)9-15(11-21)20(24)19-13(2)22-17-6-4-3-5-16(17)19/h3-10,22H,1-2H3/b15-9+. The molecular formula is C20H15N3O3. The number of rotatable bonds is 4. The minimum Gasteiger partial charge on any atom is -0.358 e. The number of para-hydroxylation sites is 1. The number of nitrogens with zero attached hydrogens (tertiary/aromatic N) is 2. The quantitative estimate of drug-likeness (QED) is 0.248. The number of aryl methyl sites for hydroxylation is 2. The Morgan fingerprint density at radius 3 is 2.65 bits per heavy atom. The number of nitrogens with one attached hydrogen (secondary N) is 1. The Balaban J connectivity index is 2.09. The van der Waals surface area contributed by atoms with Crippen LogP contribution >= 0.6 is 0 Å². The van der Waals surface area contributed by atoms with Gasteiger partial charge in [-0.3, -0.25) is 14.9 Å². The molecule has 2 aromatic carbocycles. The molecule has 128 valence electrons. The number of Topliss-reactive ketones (excluding diaryl/α,β-unsaturated/α-hetero) is 1. The Morgan fingerprint density at radius 1 is 1.23 bits per heavy atom. The van der Waals surface area contributed by atoms with E-state index in [1.807, 2.05) is 30.3 Å². The SMILES string of the molecule is Cc1ccc(/C=C(\C#N)C(=O)c2c(C)[nH]c3ccccc23)cc1[N+](=O)[O-]. The highest BCUT2D eigenvalue weighted by Gasteiger charge is 2.20. The lowest BCUT2D eigenvalue weighted by Gasteiger charge is -2.02. The van der Waals surface area contributed by atoms with Crippen molar-refractivity contribution in [3.63, 3.8) is 0 Å². The molecule has 0 radical (unpaired) electrons. The molecule has 6 nitrogen and oxygen atoms in total. The first-order valence-electron chi connectivity index (χ1n) is 7.91. The molecule has 0 aliphatic rings. The molecule has 26 heavy (non-hydrogen) atoms. The Morgan fingerprint density at radius 2 is 1.96 bits per heavy atom. The Kier molecular flexibility index (Phi) is 4.38. The normalized spacial score (nSPS) is 11.3. The number of nitro benzene ring substituents is 1. The van der Waals surface area contributed by atoms with Crippen molar-refractivity contribution < 1.29 is 9.72 Å². The first-order chi connectivity index (χ1) is 12.4. The van der Waals surface area contributed by atoms with E-state index in [9.17, 15) is 20.2 Å². The van der Waals surface area contributed by atoms with Gasteiger partial charge >= 0.3 is 0 Å². The summed E-state index contributed by atoms with van der Waals surface area (Å²) in [6, 6.07) is 13.9. The number of allylic oxidation sites excluding steroid dienone is 1. The number of nitro groups is 1. The van der Waals surface area contributed by atoms with Gasteiger partial charge in [-0.1, -0.05) is 30.3 Å². The number of carbonyl (C=O) groups excluding carboxylic acids is 1. The van der Waals surface area contributed by atoms with Crippen LogP contribution < -0.4 is 0 Å². The van der Waals surface area contributed by atoms with Gasteiger partial charge in [-0.25, -0.2) is 0 Å². The van der Waals surface area contributed by atoms with Crippen LogP contribution in [-0.2, 0) is 0 Å². The van der Waals surface area contributed by atoms with Crippen LogP contribution in [0.25, 0.3) is 17.0 Å². The number of hydrogen-bond acceptors (Lipinski definition) is 4. The molecule has 1 heterocycles. The second-order valence-corrected chi connectivity index (χ2v) is 5.97. The molecule has 1 N–H and O–H groups in total. The molecular weight excluding hydrogens is 330 g/mol. The summed E-state index contributed by atoms with van der Waals surface area (Å²) >= 11 is 0. The van der Waals surface area contributed by atoms with E-state index in [-0.39, 0.29) is 11.3 Å².